The summed E-state index contributed by atoms with van der Waals surface area (Å²) < 4.78 is 14.5. The number of nitrogens with zero attached hydrogens (tertiary/aromatic N) is 1. The molecule has 1 unspecified atom stereocenters. The summed E-state index contributed by atoms with van der Waals surface area (Å²) in [6, 6.07) is 4.00. The lowest BCUT2D eigenvalue weighted by atomic mass is 9.90. The molecule has 1 atom stereocenters. The molecule has 1 heterocycles. The highest BCUT2D eigenvalue weighted by Gasteiger charge is 2.31. The highest BCUT2D eigenvalue weighted by Crippen LogP contribution is 2.25. The molecule has 0 bridgehead atoms. The molecule has 7 heteroatoms. The fourth-order valence-electron chi connectivity index (χ4n) is 2.01. The number of nitrogens with one attached hydrogen (secondary N) is 1. The fraction of sp³-hybridized carbons (Fsp3) is 0.600. The Morgan fingerprint density at radius 3 is 2.77 bits per heavy atom. The maximum Gasteiger partial charge on any atom is 0.213 e. The molecule has 1 aliphatic rings. The van der Waals surface area contributed by atoms with Crippen molar-refractivity contribution >= 4 is 26.6 Å². The average molecular weight is 342 g/mol. The van der Waals surface area contributed by atoms with Gasteiger partial charge < -0.3 is 9.47 Å². The standard InChI is InChI=1S/C15H22N2O3S2/c1-10(2)14(18)9-19-12-4-5-15(16-8-12)20-13-6-11(7-13)17-22(3)21/h4-5,8,10-11,13,17H,6-7,9H2,1-3H3/t11-,13-,22?. The molecule has 1 fully saturated rings. The zero-order chi connectivity index (χ0) is 16.1. The first-order valence-electron chi connectivity index (χ1n) is 7.32. The van der Waals surface area contributed by atoms with Gasteiger partial charge >= 0.3 is 0 Å². The summed E-state index contributed by atoms with van der Waals surface area (Å²) in [7, 11) is -0.151. The zero-order valence-electron chi connectivity index (χ0n) is 13.1. The first-order valence-corrected chi connectivity index (χ1v) is 9.87. The van der Waals surface area contributed by atoms with Crippen LogP contribution in [0.5, 0.6) is 11.6 Å². The van der Waals surface area contributed by atoms with Crippen LogP contribution in [0.15, 0.2) is 18.3 Å². The lowest BCUT2D eigenvalue weighted by Gasteiger charge is -2.35. The Morgan fingerprint density at radius 2 is 2.23 bits per heavy atom. The topological polar surface area (TPSA) is 60.5 Å². The van der Waals surface area contributed by atoms with Gasteiger partial charge in [0.1, 0.15) is 18.5 Å². The molecule has 1 aromatic rings. The Labute approximate surface area is 138 Å². The highest BCUT2D eigenvalue weighted by atomic mass is 32.8. The minimum atomic E-state index is -0.151. The molecule has 0 amide bonds. The summed E-state index contributed by atoms with van der Waals surface area (Å²) in [5.41, 5.74) is 0. The monoisotopic (exact) mass is 342 g/mol. The third-order valence-corrected chi connectivity index (χ3v) is 4.40. The molecule has 0 spiro atoms. The number of carbonyl (C=O) groups excluding carboxylic acids is 1. The number of carbonyl (C=O) groups is 1. The number of rotatable bonds is 8. The molecule has 1 saturated carbocycles. The smallest absolute Gasteiger partial charge is 0.213 e. The molecular formula is C15H22N2O3S2. The van der Waals surface area contributed by atoms with E-state index in [1.165, 1.54) is 0 Å². The van der Waals surface area contributed by atoms with E-state index < -0.39 is 0 Å². The van der Waals surface area contributed by atoms with Gasteiger partial charge in [0.2, 0.25) is 5.88 Å². The van der Waals surface area contributed by atoms with Crippen LogP contribution in [0.4, 0.5) is 0 Å². The second-order valence-corrected chi connectivity index (χ2v) is 8.37. The maximum absolute atomic E-state index is 11.5. The predicted octanol–water partition coefficient (Wildman–Crippen LogP) is 1.81. The third-order valence-electron chi connectivity index (χ3n) is 3.45. The van der Waals surface area contributed by atoms with Crippen molar-refractivity contribution in [1.29, 1.82) is 0 Å². The van der Waals surface area contributed by atoms with Crippen LogP contribution >= 0.6 is 0 Å². The van der Waals surface area contributed by atoms with E-state index >= 15 is 0 Å². The summed E-state index contributed by atoms with van der Waals surface area (Å²) in [5, 5.41) is 0. The molecule has 1 N–H and O–H groups in total. The predicted molar refractivity (Wildman–Crippen MR) is 90.8 cm³/mol. The van der Waals surface area contributed by atoms with E-state index in [2.05, 4.69) is 9.71 Å². The molecule has 0 saturated heterocycles. The SMILES string of the molecule is CC(C)C(=O)COc1ccc(O[C@H]2C[C@H](NS(C)=S)C2)nc1. The Kier molecular flexibility index (Phi) is 6.28. The molecule has 0 aliphatic heterocycles. The molecule has 5 nitrogen and oxygen atoms in total. The molecule has 2 rings (SSSR count). The molecule has 1 aliphatic carbocycles. The number of aromatic nitrogens is 1. The molecule has 1 aromatic heterocycles. The van der Waals surface area contributed by atoms with Crippen molar-refractivity contribution < 1.29 is 14.3 Å². The van der Waals surface area contributed by atoms with E-state index in [1.807, 2.05) is 20.1 Å². The van der Waals surface area contributed by atoms with E-state index in [0.717, 1.165) is 12.8 Å². The van der Waals surface area contributed by atoms with Crippen LogP contribution in [0.2, 0.25) is 0 Å². The van der Waals surface area contributed by atoms with E-state index in [-0.39, 0.29) is 34.1 Å². The van der Waals surface area contributed by atoms with E-state index in [1.54, 1.807) is 18.3 Å². The summed E-state index contributed by atoms with van der Waals surface area (Å²) in [6.45, 7) is 3.79. The normalized spacial score (nSPS) is 22.0. The van der Waals surface area contributed by atoms with Gasteiger partial charge in [0.15, 0.2) is 5.78 Å². The Balaban J connectivity index is 1.74. The van der Waals surface area contributed by atoms with Crippen molar-refractivity contribution in [2.45, 2.75) is 38.8 Å². The summed E-state index contributed by atoms with van der Waals surface area (Å²) >= 11 is 5.12. The van der Waals surface area contributed by atoms with Crippen molar-refractivity contribution in [3.63, 3.8) is 0 Å². The number of ether oxygens (including phenoxy) is 2. The molecule has 0 radical (unpaired) electrons. The Bertz CT molecular complexity index is 528. The fourth-order valence-corrected chi connectivity index (χ4v) is 3.08. The second kappa shape index (κ2) is 7.99. The minimum Gasteiger partial charge on any atom is -0.484 e. The van der Waals surface area contributed by atoms with Crippen LogP contribution in [0.3, 0.4) is 0 Å². The van der Waals surface area contributed by atoms with Crippen LogP contribution in [-0.4, -0.2) is 35.8 Å². The number of hydrogen-bond acceptors (Lipinski definition) is 5. The van der Waals surface area contributed by atoms with Crippen molar-refractivity contribution in [2.75, 3.05) is 12.9 Å². The molecule has 122 valence electrons. The molecule has 22 heavy (non-hydrogen) atoms. The van der Waals surface area contributed by atoms with Crippen LogP contribution < -0.4 is 14.2 Å². The van der Waals surface area contributed by atoms with Gasteiger partial charge in [-0.1, -0.05) is 23.5 Å². The molecule has 0 aromatic carbocycles. The van der Waals surface area contributed by atoms with Gasteiger partial charge in [-0.25, -0.2) is 4.98 Å². The van der Waals surface area contributed by atoms with Gasteiger partial charge in [0.05, 0.1) is 6.20 Å². The number of hydrogen-bond donors (Lipinski definition) is 1. The largest absolute Gasteiger partial charge is 0.484 e. The van der Waals surface area contributed by atoms with E-state index in [0.29, 0.717) is 17.7 Å². The van der Waals surface area contributed by atoms with Crippen molar-refractivity contribution in [3.05, 3.63) is 18.3 Å². The summed E-state index contributed by atoms with van der Waals surface area (Å²) in [5.74, 6) is 1.22. The average Bonchev–Trinajstić information content (AvgIpc) is 2.43. The van der Waals surface area contributed by atoms with Crippen LogP contribution in [0.25, 0.3) is 0 Å². The van der Waals surface area contributed by atoms with Crippen LogP contribution in [0.1, 0.15) is 26.7 Å². The quantitative estimate of drug-likeness (QED) is 0.777. The lowest BCUT2D eigenvalue weighted by molar-refractivity contribution is -0.123. The van der Waals surface area contributed by atoms with E-state index in [9.17, 15) is 4.79 Å². The third kappa shape index (κ3) is 5.30. The number of pyridine rings is 1. The lowest BCUT2D eigenvalue weighted by Crippen LogP contribution is -2.47. The number of ketones is 1. The van der Waals surface area contributed by atoms with Gasteiger partial charge in [-0.3, -0.25) is 9.52 Å². The van der Waals surface area contributed by atoms with Crippen LogP contribution in [-0.2, 0) is 25.6 Å². The summed E-state index contributed by atoms with van der Waals surface area (Å²) in [4.78, 5) is 15.7. The van der Waals surface area contributed by atoms with Gasteiger partial charge in [-0.05, 0) is 23.5 Å². The molecular weight excluding hydrogens is 320 g/mol. The Morgan fingerprint density at radius 1 is 1.50 bits per heavy atom. The van der Waals surface area contributed by atoms with Crippen molar-refractivity contribution in [2.24, 2.45) is 5.92 Å². The maximum atomic E-state index is 11.5. The van der Waals surface area contributed by atoms with Crippen molar-refractivity contribution in [3.8, 4) is 11.6 Å². The van der Waals surface area contributed by atoms with E-state index in [4.69, 9.17) is 20.7 Å². The Hall–Kier alpha value is -1.05. The highest BCUT2D eigenvalue weighted by molar-refractivity contribution is 8.27. The second-order valence-electron chi connectivity index (χ2n) is 5.72. The van der Waals surface area contributed by atoms with Crippen LogP contribution in [0, 0.1) is 5.92 Å². The van der Waals surface area contributed by atoms with Gasteiger partial charge in [-0.15, -0.1) is 0 Å². The zero-order valence-corrected chi connectivity index (χ0v) is 14.7. The minimum absolute atomic E-state index is 0.0193. The van der Waals surface area contributed by atoms with Crippen molar-refractivity contribution in [1.82, 2.24) is 9.71 Å². The summed E-state index contributed by atoms with van der Waals surface area (Å²) in [6.07, 6.45) is 5.68. The van der Waals surface area contributed by atoms with Gasteiger partial charge in [-0.2, -0.15) is 0 Å². The first-order chi connectivity index (χ1) is 10.4. The number of Topliss-reactive ketones (excluding diaryl/α,β-unsaturated/α-hetero) is 1. The first kappa shape index (κ1) is 17.3. The van der Waals surface area contributed by atoms with Gasteiger partial charge in [0, 0.05) is 30.9 Å². The van der Waals surface area contributed by atoms with Gasteiger partial charge in [0.25, 0.3) is 0 Å².